The van der Waals surface area contributed by atoms with Gasteiger partial charge in [0.1, 0.15) is 0 Å². The second-order valence-corrected chi connectivity index (χ2v) is 8.32. The van der Waals surface area contributed by atoms with Crippen molar-refractivity contribution in [3.8, 4) is 0 Å². The van der Waals surface area contributed by atoms with E-state index in [1.165, 1.54) is 24.3 Å². The van der Waals surface area contributed by atoms with Crippen LogP contribution in [0.2, 0.25) is 0 Å². The molecule has 0 bridgehead atoms. The van der Waals surface area contributed by atoms with Crippen molar-refractivity contribution < 1.29 is 13.2 Å². The fraction of sp³-hybridized carbons (Fsp3) is 0.133. The molecule has 0 saturated carbocycles. The quantitative estimate of drug-likeness (QED) is 0.709. The lowest BCUT2D eigenvalue weighted by Gasteiger charge is -2.06. The fourth-order valence-electron chi connectivity index (χ4n) is 1.74. The topological polar surface area (TPSA) is 89.3 Å². The summed E-state index contributed by atoms with van der Waals surface area (Å²) < 4.78 is 23.3. The third kappa shape index (κ3) is 5.98. The second kappa shape index (κ2) is 7.96. The summed E-state index contributed by atoms with van der Waals surface area (Å²) in [5.74, 6) is 0.529. The first-order chi connectivity index (χ1) is 10.8. The average Bonchev–Trinajstić information content (AvgIpc) is 2.49. The first-order valence-corrected chi connectivity index (χ1v) is 9.98. The van der Waals surface area contributed by atoms with Gasteiger partial charge in [-0.15, -0.1) is 11.8 Å². The Morgan fingerprint density at radius 2 is 1.70 bits per heavy atom. The Bertz CT molecular complexity index is 775. The number of primary sulfonamides is 1. The highest BCUT2D eigenvalue weighted by atomic mass is 79.9. The van der Waals surface area contributed by atoms with E-state index in [4.69, 9.17) is 5.14 Å². The van der Waals surface area contributed by atoms with Crippen molar-refractivity contribution in [3.63, 3.8) is 0 Å². The van der Waals surface area contributed by atoms with Gasteiger partial charge in [0.15, 0.2) is 0 Å². The number of carbonyl (C=O) groups excluding carboxylic acids is 1. The van der Waals surface area contributed by atoms with Gasteiger partial charge >= 0.3 is 0 Å². The summed E-state index contributed by atoms with van der Waals surface area (Å²) in [6.07, 6.45) is 0.359. The van der Waals surface area contributed by atoms with Gasteiger partial charge in [-0.25, -0.2) is 13.6 Å². The first kappa shape index (κ1) is 18.0. The fourth-order valence-corrected chi connectivity index (χ4v) is 3.38. The van der Waals surface area contributed by atoms with E-state index < -0.39 is 10.0 Å². The molecule has 0 heterocycles. The molecule has 0 atom stereocenters. The van der Waals surface area contributed by atoms with Crippen LogP contribution in [0.15, 0.2) is 62.8 Å². The van der Waals surface area contributed by atoms with Crippen LogP contribution in [0.25, 0.3) is 0 Å². The van der Waals surface area contributed by atoms with Crippen molar-refractivity contribution in [2.75, 3.05) is 11.1 Å². The molecule has 0 fully saturated rings. The van der Waals surface area contributed by atoms with Crippen LogP contribution in [-0.2, 0) is 14.8 Å². The van der Waals surface area contributed by atoms with Crippen molar-refractivity contribution in [1.82, 2.24) is 0 Å². The van der Waals surface area contributed by atoms with Crippen LogP contribution in [0.4, 0.5) is 5.69 Å². The number of nitrogens with one attached hydrogen (secondary N) is 1. The molecule has 2 rings (SSSR count). The third-order valence-electron chi connectivity index (χ3n) is 2.88. The number of halogens is 1. The van der Waals surface area contributed by atoms with Crippen molar-refractivity contribution in [2.45, 2.75) is 16.2 Å². The Morgan fingerprint density at radius 1 is 1.09 bits per heavy atom. The summed E-state index contributed by atoms with van der Waals surface area (Å²) in [6, 6.07) is 13.6. The van der Waals surface area contributed by atoms with Crippen LogP contribution < -0.4 is 10.5 Å². The van der Waals surface area contributed by atoms with E-state index in [-0.39, 0.29) is 10.8 Å². The van der Waals surface area contributed by atoms with E-state index in [2.05, 4.69) is 21.2 Å². The maximum Gasteiger partial charge on any atom is 0.238 e. The maximum absolute atomic E-state index is 11.9. The summed E-state index contributed by atoms with van der Waals surface area (Å²) in [7, 11) is -3.72. The molecule has 0 radical (unpaired) electrons. The van der Waals surface area contributed by atoms with E-state index in [0.717, 1.165) is 9.37 Å². The maximum atomic E-state index is 11.9. The van der Waals surface area contributed by atoms with Crippen molar-refractivity contribution in [1.29, 1.82) is 0 Å². The van der Waals surface area contributed by atoms with Crippen molar-refractivity contribution in [3.05, 3.63) is 53.0 Å². The van der Waals surface area contributed by atoms with Gasteiger partial charge in [-0.3, -0.25) is 4.79 Å². The number of carbonyl (C=O) groups is 1. The number of amides is 1. The van der Waals surface area contributed by atoms with Gasteiger partial charge < -0.3 is 5.32 Å². The van der Waals surface area contributed by atoms with E-state index in [1.807, 2.05) is 24.3 Å². The zero-order valence-electron chi connectivity index (χ0n) is 12.0. The predicted octanol–water partition coefficient (Wildman–Crippen LogP) is 3.22. The number of sulfonamides is 1. The summed E-state index contributed by atoms with van der Waals surface area (Å²) >= 11 is 4.97. The molecule has 0 spiro atoms. The predicted molar refractivity (Wildman–Crippen MR) is 95.9 cm³/mol. The molecule has 2 aromatic rings. The molecule has 0 aliphatic carbocycles. The summed E-state index contributed by atoms with van der Waals surface area (Å²) in [4.78, 5) is 13.0. The Hall–Kier alpha value is -1.35. The van der Waals surface area contributed by atoms with E-state index in [9.17, 15) is 13.2 Å². The molecule has 2 aromatic carbocycles. The number of benzene rings is 2. The van der Waals surface area contributed by atoms with Gasteiger partial charge in [0.2, 0.25) is 15.9 Å². The lowest BCUT2D eigenvalue weighted by atomic mass is 10.3. The number of thioether (sulfide) groups is 1. The lowest BCUT2D eigenvalue weighted by molar-refractivity contribution is -0.115. The Balaban J connectivity index is 1.81. The first-order valence-electron chi connectivity index (χ1n) is 6.66. The van der Waals surface area contributed by atoms with Gasteiger partial charge in [0, 0.05) is 27.2 Å². The monoisotopic (exact) mass is 414 g/mol. The minimum Gasteiger partial charge on any atom is -0.326 e. The molecular formula is C15H15BrN2O3S2. The zero-order valence-corrected chi connectivity index (χ0v) is 15.2. The van der Waals surface area contributed by atoms with Gasteiger partial charge in [-0.1, -0.05) is 15.9 Å². The summed E-state index contributed by atoms with van der Waals surface area (Å²) in [6.45, 7) is 0. The molecule has 0 unspecified atom stereocenters. The third-order valence-corrected chi connectivity index (χ3v) is 5.35. The standard InChI is InChI=1S/C15H15BrN2O3S2/c16-11-1-5-13(6-2-11)22-10-9-15(19)18-12-3-7-14(8-4-12)23(17,20)21/h1-8H,9-10H2,(H,18,19)(H2,17,20,21). The van der Waals surface area contributed by atoms with Crippen molar-refractivity contribution in [2.24, 2.45) is 5.14 Å². The normalized spacial score (nSPS) is 11.2. The second-order valence-electron chi connectivity index (χ2n) is 4.67. The average molecular weight is 415 g/mol. The van der Waals surface area contributed by atoms with Gasteiger partial charge in [0.25, 0.3) is 0 Å². The smallest absolute Gasteiger partial charge is 0.238 e. The Kier molecular flexibility index (Phi) is 6.23. The van der Waals surface area contributed by atoms with Crippen LogP contribution in [0.5, 0.6) is 0 Å². The van der Waals surface area contributed by atoms with E-state index >= 15 is 0 Å². The molecule has 23 heavy (non-hydrogen) atoms. The number of rotatable bonds is 6. The van der Waals surface area contributed by atoms with Crippen LogP contribution in [0.1, 0.15) is 6.42 Å². The number of nitrogens with two attached hydrogens (primary N) is 1. The van der Waals surface area contributed by atoms with Crippen LogP contribution >= 0.6 is 27.7 Å². The molecule has 3 N–H and O–H groups in total. The van der Waals surface area contributed by atoms with Crippen LogP contribution in [-0.4, -0.2) is 20.1 Å². The summed E-state index contributed by atoms with van der Waals surface area (Å²) in [5.41, 5.74) is 0.538. The van der Waals surface area contributed by atoms with Gasteiger partial charge in [-0.2, -0.15) is 0 Å². The molecule has 8 heteroatoms. The Labute approximate surface area is 147 Å². The molecule has 5 nitrogen and oxygen atoms in total. The molecule has 1 amide bonds. The number of hydrogen-bond donors (Lipinski definition) is 2. The number of hydrogen-bond acceptors (Lipinski definition) is 4. The Morgan fingerprint density at radius 3 is 2.26 bits per heavy atom. The molecular weight excluding hydrogens is 400 g/mol. The highest BCUT2D eigenvalue weighted by Gasteiger charge is 2.08. The van der Waals surface area contributed by atoms with E-state index in [0.29, 0.717) is 17.9 Å². The molecule has 0 aliphatic heterocycles. The zero-order chi connectivity index (χ0) is 16.9. The van der Waals surface area contributed by atoms with Crippen LogP contribution in [0.3, 0.4) is 0 Å². The molecule has 0 aromatic heterocycles. The van der Waals surface area contributed by atoms with Crippen molar-refractivity contribution >= 4 is 49.3 Å². The van der Waals surface area contributed by atoms with Crippen LogP contribution in [0, 0.1) is 0 Å². The lowest BCUT2D eigenvalue weighted by Crippen LogP contribution is -2.14. The summed E-state index contributed by atoms with van der Waals surface area (Å²) in [5, 5.41) is 7.74. The largest absolute Gasteiger partial charge is 0.326 e. The minimum absolute atomic E-state index is 0.0151. The highest BCUT2D eigenvalue weighted by molar-refractivity contribution is 9.10. The molecule has 0 aliphatic rings. The minimum atomic E-state index is -3.72. The van der Waals surface area contributed by atoms with E-state index in [1.54, 1.807) is 11.8 Å². The van der Waals surface area contributed by atoms with Gasteiger partial charge in [-0.05, 0) is 48.5 Å². The molecule has 122 valence electrons. The SMILES string of the molecule is NS(=O)(=O)c1ccc(NC(=O)CCSc2ccc(Br)cc2)cc1. The van der Waals surface area contributed by atoms with Gasteiger partial charge in [0.05, 0.1) is 4.90 Å². The molecule has 0 saturated heterocycles. The highest BCUT2D eigenvalue weighted by Crippen LogP contribution is 2.21. The number of anilines is 1.